The summed E-state index contributed by atoms with van der Waals surface area (Å²) in [7, 11) is 1.76. The molecule has 0 aromatic rings. The predicted molar refractivity (Wildman–Crippen MR) is 78.2 cm³/mol. The van der Waals surface area contributed by atoms with E-state index in [1.165, 1.54) is 38.5 Å². The fourth-order valence-corrected chi connectivity index (χ4v) is 3.52. The molecule has 2 atom stereocenters. The lowest BCUT2D eigenvalue weighted by molar-refractivity contribution is 0.0511. The van der Waals surface area contributed by atoms with Gasteiger partial charge in [-0.2, -0.15) is 0 Å². The Kier molecular flexibility index (Phi) is 6.11. The van der Waals surface area contributed by atoms with Crippen LogP contribution in [0, 0.1) is 11.8 Å². The highest BCUT2D eigenvalue weighted by Crippen LogP contribution is 2.35. The highest BCUT2D eigenvalue weighted by Gasteiger charge is 2.32. The minimum Gasteiger partial charge on any atom is -0.392 e. The lowest BCUT2D eigenvalue weighted by Gasteiger charge is -2.31. The Labute approximate surface area is 118 Å². The van der Waals surface area contributed by atoms with Crippen LogP contribution in [-0.4, -0.2) is 49.0 Å². The number of aliphatic hydroxyl groups is 1. The fraction of sp³-hybridized carbons (Fsp3) is 1.00. The normalized spacial score (nSPS) is 24.0. The molecule has 0 aromatic carbocycles. The van der Waals surface area contributed by atoms with Gasteiger partial charge in [-0.1, -0.05) is 25.7 Å². The molecule has 0 amide bonds. The van der Waals surface area contributed by atoms with E-state index in [0.717, 1.165) is 38.0 Å². The van der Waals surface area contributed by atoms with Gasteiger partial charge in [0.15, 0.2) is 0 Å². The highest BCUT2D eigenvalue weighted by molar-refractivity contribution is 4.86. The van der Waals surface area contributed by atoms with Crippen LogP contribution in [0.5, 0.6) is 0 Å². The number of aliphatic hydroxyl groups excluding tert-OH is 1. The zero-order chi connectivity index (χ0) is 13.7. The van der Waals surface area contributed by atoms with Crippen LogP contribution in [0.4, 0.5) is 0 Å². The van der Waals surface area contributed by atoms with Crippen LogP contribution in [0.3, 0.4) is 0 Å². The third kappa shape index (κ3) is 5.05. The van der Waals surface area contributed by atoms with Crippen molar-refractivity contribution in [3.63, 3.8) is 0 Å². The maximum Gasteiger partial charge on any atom is 0.0669 e. The number of rotatable bonds is 9. The van der Waals surface area contributed by atoms with Crippen LogP contribution < -0.4 is 0 Å². The number of methoxy groups -OCH3 is 1. The van der Waals surface area contributed by atoms with Gasteiger partial charge in [0.1, 0.15) is 0 Å². The van der Waals surface area contributed by atoms with Gasteiger partial charge in [-0.3, -0.25) is 4.90 Å². The van der Waals surface area contributed by atoms with E-state index in [2.05, 4.69) is 11.8 Å². The molecule has 3 heteroatoms. The maximum atomic E-state index is 10.3. The minimum atomic E-state index is -0.152. The van der Waals surface area contributed by atoms with Gasteiger partial charge in [-0.15, -0.1) is 0 Å². The SMILES string of the molecule is COCCN(CC(O)CC1CCCC1)C(C)C1CC1. The topological polar surface area (TPSA) is 32.7 Å². The zero-order valence-electron chi connectivity index (χ0n) is 12.7. The Morgan fingerprint density at radius 1 is 1.21 bits per heavy atom. The second kappa shape index (κ2) is 7.61. The first-order valence-corrected chi connectivity index (χ1v) is 8.11. The molecule has 1 N–H and O–H groups in total. The molecule has 2 rings (SSSR count). The van der Waals surface area contributed by atoms with E-state index in [0.29, 0.717) is 6.04 Å². The monoisotopic (exact) mass is 269 g/mol. The van der Waals surface area contributed by atoms with Crippen LogP contribution >= 0.6 is 0 Å². The first kappa shape index (κ1) is 15.3. The first-order valence-electron chi connectivity index (χ1n) is 8.11. The molecule has 0 saturated heterocycles. The molecule has 2 saturated carbocycles. The summed E-state index contributed by atoms with van der Waals surface area (Å²) in [5.74, 6) is 1.63. The van der Waals surface area contributed by atoms with Crippen molar-refractivity contribution in [2.45, 2.75) is 64.0 Å². The number of hydrogen-bond acceptors (Lipinski definition) is 3. The Morgan fingerprint density at radius 2 is 1.89 bits per heavy atom. The van der Waals surface area contributed by atoms with Crippen LogP contribution in [0.15, 0.2) is 0 Å². The van der Waals surface area contributed by atoms with Crippen LogP contribution in [0.25, 0.3) is 0 Å². The average Bonchev–Trinajstić information content (AvgIpc) is 3.13. The van der Waals surface area contributed by atoms with Gasteiger partial charge in [0.25, 0.3) is 0 Å². The van der Waals surface area contributed by atoms with Crippen molar-refractivity contribution >= 4 is 0 Å². The molecule has 19 heavy (non-hydrogen) atoms. The molecular formula is C16H31NO2. The number of hydrogen-bond donors (Lipinski definition) is 1. The second-order valence-corrected chi connectivity index (χ2v) is 6.61. The van der Waals surface area contributed by atoms with Crippen molar-refractivity contribution in [2.24, 2.45) is 11.8 Å². The first-order chi connectivity index (χ1) is 9.20. The van der Waals surface area contributed by atoms with Gasteiger partial charge < -0.3 is 9.84 Å². The molecule has 0 bridgehead atoms. The van der Waals surface area contributed by atoms with Gasteiger partial charge in [-0.05, 0) is 38.0 Å². The molecule has 2 aliphatic rings. The molecule has 0 radical (unpaired) electrons. The molecular weight excluding hydrogens is 238 g/mol. The van der Waals surface area contributed by atoms with E-state index >= 15 is 0 Å². The van der Waals surface area contributed by atoms with E-state index in [9.17, 15) is 5.11 Å². The molecule has 2 unspecified atom stereocenters. The Hall–Kier alpha value is -0.120. The van der Waals surface area contributed by atoms with Crippen molar-refractivity contribution in [3.8, 4) is 0 Å². The summed E-state index contributed by atoms with van der Waals surface area (Å²) in [4.78, 5) is 2.45. The van der Waals surface area contributed by atoms with Crippen LogP contribution in [0.1, 0.15) is 51.9 Å². The zero-order valence-corrected chi connectivity index (χ0v) is 12.7. The summed E-state index contributed by atoms with van der Waals surface area (Å²) in [6.07, 6.45) is 8.96. The molecule has 0 aliphatic heterocycles. The molecule has 2 aliphatic carbocycles. The summed E-state index contributed by atoms with van der Waals surface area (Å²) in [5, 5.41) is 10.3. The molecule has 3 nitrogen and oxygen atoms in total. The number of nitrogens with zero attached hydrogens (tertiary/aromatic N) is 1. The predicted octanol–water partition coefficient (Wildman–Crippen LogP) is 2.67. The standard InChI is InChI=1S/C16H31NO2/c1-13(15-7-8-15)17(9-10-19-2)12-16(18)11-14-5-3-4-6-14/h13-16,18H,3-12H2,1-2H3. The van der Waals surface area contributed by atoms with Gasteiger partial charge in [-0.25, -0.2) is 0 Å². The minimum absolute atomic E-state index is 0.152. The average molecular weight is 269 g/mol. The fourth-order valence-electron chi connectivity index (χ4n) is 3.52. The lowest BCUT2D eigenvalue weighted by atomic mass is 9.99. The Balaban J connectivity index is 1.75. The Morgan fingerprint density at radius 3 is 2.47 bits per heavy atom. The van der Waals surface area contributed by atoms with Gasteiger partial charge >= 0.3 is 0 Å². The van der Waals surface area contributed by atoms with Gasteiger partial charge in [0.2, 0.25) is 0 Å². The van der Waals surface area contributed by atoms with Crippen LogP contribution in [-0.2, 0) is 4.74 Å². The van der Waals surface area contributed by atoms with Crippen molar-refractivity contribution in [3.05, 3.63) is 0 Å². The summed E-state index contributed by atoms with van der Waals surface area (Å²) < 4.78 is 5.21. The highest BCUT2D eigenvalue weighted by atomic mass is 16.5. The second-order valence-electron chi connectivity index (χ2n) is 6.61. The van der Waals surface area contributed by atoms with Crippen molar-refractivity contribution in [2.75, 3.05) is 26.8 Å². The van der Waals surface area contributed by atoms with Gasteiger partial charge in [0, 0.05) is 26.2 Å². The maximum absolute atomic E-state index is 10.3. The number of ether oxygens (including phenoxy) is 1. The van der Waals surface area contributed by atoms with E-state index in [1.807, 2.05) is 0 Å². The quantitative estimate of drug-likeness (QED) is 0.698. The largest absolute Gasteiger partial charge is 0.392 e. The van der Waals surface area contributed by atoms with Crippen molar-refractivity contribution in [1.82, 2.24) is 4.90 Å². The molecule has 0 spiro atoms. The Bertz CT molecular complexity index is 249. The molecule has 0 heterocycles. The summed E-state index contributed by atoms with van der Waals surface area (Å²) in [6.45, 7) is 4.87. The third-order valence-electron chi connectivity index (χ3n) is 4.99. The van der Waals surface area contributed by atoms with E-state index in [-0.39, 0.29) is 6.10 Å². The lowest BCUT2D eigenvalue weighted by Crippen LogP contribution is -2.42. The summed E-state index contributed by atoms with van der Waals surface area (Å²) >= 11 is 0. The van der Waals surface area contributed by atoms with E-state index < -0.39 is 0 Å². The van der Waals surface area contributed by atoms with E-state index in [1.54, 1.807) is 7.11 Å². The smallest absolute Gasteiger partial charge is 0.0669 e. The molecule has 0 aromatic heterocycles. The molecule has 112 valence electrons. The van der Waals surface area contributed by atoms with Crippen molar-refractivity contribution in [1.29, 1.82) is 0 Å². The summed E-state index contributed by atoms with van der Waals surface area (Å²) in [5.41, 5.74) is 0. The third-order valence-corrected chi connectivity index (χ3v) is 4.99. The van der Waals surface area contributed by atoms with Gasteiger partial charge in [0.05, 0.1) is 12.7 Å². The van der Waals surface area contributed by atoms with Crippen LogP contribution in [0.2, 0.25) is 0 Å². The van der Waals surface area contributed by atoms with E-state index in [4.69, 9.17) is 4.74 Å². The van der Waals surface area contributed by atoms with Crippen molar-refractivity contribution < 1.29 is 9.84 Å². The summed E-state index contributed by atoms with van der Waals surface area (Å²) in [6, 6.07) is 0.605. The molecule has 2 fully saturated rings.